The number of fused-ring (bicyclic) bond motifs is 1. The summed E-state index contributed by atoms with van der Waals surface area (Å²) in [6.45, 7) is 0. The summed E-state index contributed by atoms with van der Waals surface area (Å²) in [5.74, 6) is -2.45. The molecule has 0 aliphatic heterocycles. The molecule has 4 rings (SSSR count). The number of anilines is 1. The highest BCUT2D eigenvalue weighted by atomic mass is 32.2. The van der Waals surface area contributed by atoms with Crippen LogP contribution in [0.4, 0.5) is 14.5 Å². The van der Waals surface area contributed by atoms with Crippen molar-refractivity contribution in [2.24, 2.45) is 0 Å². The lowest BCUT2D eigenvalue weighted by atomic mass is 9.99. The zero-order chi connectivity index (χ0) is 22.3. The molecule has 1 aromatic heterocycles. The molecule has 1 heterocycles. The maximum Gasteiger partial charge on any atom is 0.340 e. The second-order valence-corrected chi connectivity index (χ2v) is 8.61. The Kier molecular flexibility index (Phi) is 4.98. The van der Waals surface area contributed by atoms with Crippen molar-refractivity contribution in [1.29, 1.82) is 0 Å². The first-order valence-corrected chi connectivity index (χ1v) is 10.9. The average molecular weight is 443 g/mol. The standard InChI is InChI=1S/C22H15F2NO5S/c1-31(28,29)25-18-11-19-16(10-15(18)14-4-2-3-5-17(14)24)20(22(26)27)21(30-19)12-6-8-13(23)9-7-12/h2-11,25H,1H3,(H,26,27). The van der Waals surface area contributed by atoms with E-state index in [9.17, 15) is 27.1 Å². The van der Waals surface area contributed by atoms with E-state index in [1.165, 1.54) is 42.5 Å². The fourth-order valence-electron chi connectivity index (χ4n) is 3.35. The molecule has 3 aromatic carbocycles. The van der Waals surface area contributed by atoms with E-state index >= 15 is 0 Å². The van der Waals surface area contributed by atoms with Crippen molar-refractivity contribution in [2.45, 2.75) is 0 Å². The lowest BCUT2D eigenvalue weighted by molar-refractivity contribution is 0.0699. The molecule has 6 nitrogen and oxygen atoms in total. The van der Waals surface area contributed by atoms with Gasteiger partial charge in [-0.2, -0.15) is 0 Å². The highest BCUT2D eigenvalue weighted by Crippen LogP contribution is 2.40. The van der Waals surface area contributed by atoms with Gasteiger partial charge in [0.2, 0.25) is 10.0 Å². The van der Waals surface area contributed by atoms with Crippen molar-refractivity contribution >= 4 is 32.6 Å². The van der Waals surface area contributed by atoms with Crippen LogP contribution in [-0.2, 0) is 10.0 Å². The number of carbonyl (C=O) groups is 1. The number of hydrogen-bond donors (Lipinski definition) is 2. The molecule has 31 heavy (non-hydrogen) atoms. The molecule has 0 bridgehead atoms. The maximum atomic E-state index is 14.5. The number of halogens is 2. The Morgan fingerprint density at radius 2 is 1.68 bits per heavy atom. The van der Waals surface area contributed by atoms with E-state index in [1.807, 2.05) is 0 Å². The van der Waals surface area contributed by atoms with Crippen LogP contribution < -0.4 is 4.72 Å². The minimum Gasteiger partial charge on any atom is -0.478 e. The molecule has 9 heteroatoms. The van der Waals surface area contributed by atoms with Gasteiger partial charge in [-0.1, -0.05) is 18.2 Å². The Hall–Kier alpha value is -3.72. The average Bonchev–Trinajstić information content (AvgIpc) is 3.06. The van der Waals surface area contributed by atoms with Crippen molar-refractivity contribution < 1.29 is 31.5 Å². The van der Waals surface area contributed by atoms with Gasteiger partial charge in [0.1, 0.15) is 28.5 Å². The number of furan rings is 1. The number of rotatable bonds is 5. The smallest absolute Gasteiger partial charge is 0.340 e. The monoisotopic (exact) mass is 443 g/mol. The van der Waals surface area contributed by atoms with E-state index < -0.39 is 27.6 Å². The fourth-order valence-corrected chi connectivity index (χ4v) is 3.91. The lowest BCUT2D eigenvalue weighted by Gasteiger charge is -2.12. The van der Waals surface area contributed by atoms with Gasteiger partial charge in [-0.3, -0.25) is 4.72 Å². The zero-order valence-electron chi connectivity index (χ0n) is 16.0. The third kappa shape index (κ3) is 3.99. The Morgan fingerprint density at radius 3 is 2.29 bits per heavy atom. The van der Waals surface area contributed by atoms with Crippen LogP contribution in [0.15, 0.2) is 65.1 Å². The molecule has 0 aliphatic carbocycles. The van der Waals surface area contributed by atoms with Crippen LogP contribution in [0.1, 0.15) is 10.4 Å². The molecule has 0 saturated carbocycles. The van der Waals surface area contributed by atoms with Gasteiger partial charge >= 0.3 is 5.97 Å². The van der Waals surface area contributed by atoms with E-state index in [1.54, 1.807) is 6.07 Å². The number of carboxylic acids is 1. The summed E-state index contributed by atoms with van der Waals surface area (Å²) in [5, 5.41) is 9.96. The van der Waals surface area contributed by atoms with E-state index in [0.29, 0.717) is 5.56 Å². The van der Waals surface area contributed by atoms with Crippen molar-refractivity contribution in [3.8, 4) is 22.5 Å². The van der Waals surface area contributed by atoms with E-state index in [0.717, 1.165) is 18.4 Å². The highest BCUT2D eigenvalue weighted by Gasteiger charge is 2.24. The van der Waals surface area contributed by atoms with Gasteiger partial charge in [-0.15, -0.1) is 0 Å². The quantitative estimate of drug-likeness (QED) is 0.447. The summed E-state index contributed by atoms with van der Waals surface area (Å²) in [4.78, 5) is 12.0. The molecular weight excluding hydrogens is 428 g/mol. The molecule has 0 aliphatic rings. The van der Waals surface area contributed by atoms with E-state index in [2.05, 4.69) is 4.72 Å². The van der Waals surface area contributed by atoms with Gasteiger partial charge in [0.15, 0.2) is 0 Å². The van der Waals surface area contributed by atoms with Crippen molar-refractivity contribution in [2.75, 3.05) is 11.0 Å². The second-order valence-electron chi connectivity index (χ2n) is 6.87. The third-order valence-corrected chi connectivity index (χ3v) is 5.20. The van der Waals surface area contributed by atoms with Gasteiger partial charge < -0.3 is 9.52 Å². The normalized spacial score (nSPS) is 11.6. The first-order chi connectivity index (χ1) is 14.6. The fraction of sp³-hybridized carbons (Fsp3) is 0.0455. The minimum absolute atomic E-state index is 0.0245. The number of aromatic carboxylic acids is 1. The molecule has 0 atom stereocenters. The van der Waals surface area contributed by atoms with E-state index in [-0.39, 0.29) is 39.1 Å². The number of carboxylic acid groups (broad SMARTS) is 1. The zero-order valence-corrected chi connectivity index (χ0v) is 16.8. The topological polar surface area (TPSA) is 96.6 Å². The van der Waals surface area contributed by atoms with Crippen LogP contribution in [0.25, 0.3) is 33.4 Å². The number of sulfonamides is 1. The maximum absolute atomic E-state index is 14.5. The van der Waals surface area contributed by atoms with Crippen LogP contribution in [0.2, 0.25) is 0 Å². The minimum atomic E-state index is -3.74. The van der Waals surface area contributed by atoms with Gasteiger partial charge in [0, 0.05) is 28.1 Å². The molecule has 2 N–H and O–H groups in total. The number of nitrogens with one attached hydrogen (secondary N) is 1. The van der Waals surface area contributed by atoms with Crippen LogP contribution in [0.3, 0.4) is 0 Å². The first kappa shape index (κ1) is 20.5. The lowest BCUT2D eigenvalue weighted by Crippen LogP contribution is -2.10. The largest absolute Gasteiger partial charge is 0.478 e. The van der Waals surface area contributed by atoms with Gasteiger partial charge in [0.25, 0.3) is 0 Å². The van der Waals surface area contributed by atoms with Crippen molar-refractivity contribution in [3.63, 3.8) is 0 Å². The molecule has 0 radical (unpaired) electrons. The van der Waals surface area contributed by atoms with Gasteiger partial charge in [-0.05, 0) is 36.4 Å². The molecule has 0 unspecified atom stereocenters. The predicted molar refractivity (Wildman–Crippen MR) is 112 cm³/mol. The van der Waals surface area contributed by atoms with Crippen LogP contribution in [-0.4, -0.2) is 25.7 Å². The summed E-state index contributed by atoms with van der Waals surface area (Å²) >= 11 is 0. The summed E-state index contributed by atoms with van der Waals surface area (Å²) in [6, 6.07) is 13.4. The first-order valence-electron chi connectivity index (χ1n) is 8.96. The Labute approximate surface area is 175 Å². The summed E-state index contributed by atoms with van der Waals surface area (Å²) < 4.78 is 59.6. The van der Waals surface area contributed by atoms with Crippen LogP contribution >= 0.6 is 0 Å². The molecular formula is C22H15F2NO5S. The Morgan fingerprint density at radius 1 is 1.00 bits per heavy atom. The molecule has 0 saturated heterocycles. The Balaban J connectivity index is 2.06. The molecule has 0 amide bonds. The number of benzene rings is 3. The highest BCUT2D eigenvalue weighted by molar-refractivity contribution is 7.92. The molecule has 0 fully saturated rings. The molecule has 158 valence electrons. The predicted octanol–water partition coefficient (Wildman–Crippen LogP) is 5.11. The van der Waals surface area contributed by atoms with E-state index in [4.69, 9.17) is 4.42 Å². The molecule has 4 aromatic rings. The molecule has 0 spiro atoms. The van der Waals surface area contributed by atoms with Crippen molar-refractivity contribution in [3.05, 3.63) is 77.9 Å². The van der Waals surface area contributed by atoms with Gasteiger partial charge in [0.05, 0.1) is 11.9 Å². The van der Waals surface area contributed by atoms with Gasteiger partial charge in [-0.25, -0.2) is 22.0 Å². The van der Waals surface area contributed by atoms with Crippen molar-refractivity contribution in [1.82, 2.24) is 0 Å². The van der Waals surface area contributed by atoms with Crippen LogP contribution in [0, 0.1) is 11.6 Å². The summed E-state index contributed by atoms with van der Waals surface area (Å²) in [7, 11) is -3.74. The summed E-state index contributed by atoms with van der Waals surface area (Å²) in [6.07, 6.45) is 0.942. The third-order valence-electron chi connectivity index (χ3n) is 4.61. The SMILES string of the molecule is CS(=O)(=O)Nc1cc2oc(-c3ccc(F)cc3)c(C(=O)O)c2cc1-c1ccccc1F. The van der Waals surface area contributed by atoms with Crippen LogP contribution in [0.5, 0.6) is 0 Å². The Bertz CT molecular complexity index is 1430. The summed E-state index contributed by atoms with van der Waals surface area (Å²) in [5.41, 5.74) is 0.436. The number of hydrogen-bond acceptors (Lipinski definition) is 4. The second kappa shape index (κ2) is 7.51.